The fraction of sp³-hybridized carbons (Fsp3) is 0.333. The highest BCUT2D eigenvalue weighted by molar-refractivity contribution is 9.10. The molecule has 0 aliphatic rings. The van der Waals surface area contributed by atoms with Gasteiger partial charge < -0.3 is 5.32 Å². The van der Waals surface area contributed by atoms with Gasteiger partial charge in [-0.15, -0.1) is 0 Å². The van der Waals surface area contributed by atoms with E-state index in [0.717, 1.165) is 33.7 Å². The van der Waals surface area contributed by atoms with Gasteiger partial charge in [0.2, 0.25) is 0 Å². The van der Waals surface area contributed by atoms with Crippen molar-refractivity contribution in [2.45, 2.75) is 33.7 Å². The molecule has 0 aliphatic heterocycles. The summed E-state index contributed by atoms with van der Waals surface area (Å²) in [5, 5.41) is 4.21. The molecule has 2 aromatic rings. The van der Waals surface area contributed by atoms with Crippen molar-refractivity contribution >= 4 is 33.2 Å². The van der Waals surface area contributed by atoms with Crippen molar-refractivity contribution in [1.29, 1.82) is 0 Å². The van der Waals surface area contributed by atoms with Crippen LogP contribution in [-0.4, -0.2) is 0 Å². The zero-order valence-electron chi connectivity index (χ0n) is 12.7. The first-order valence-electron chi connectivity index (χ1n) is 7.23. The van der Waals surface area contributed by atoms with E-state index in [9.17, 15) is 0 Å². The van der Waals surface area contributed by atoms with Crippen LogP contribution in [-0.2, 0) is 13.0 Å². The number of hydrogen-bond acceptors (Lipinski definition) is 1. The van der Waals surface area contributed by atoms with E-state index in [1.54, 1.807) is 0 Å². The minimum absolute atomic E-state index is 0.694. The Hall–Kier alpha value is -0.990. The predicted octanol–water partition coefficient (Wildman–Crippen LogP) is 6.22. The molecule has 0 unspecified atom stereocenters. The van der Waals surface area contributed by atoms with E-state index in [4.69, 9.17) is 11.6 Å². The normalized spacial score (nSPS) is 11.0. The molecule has 21 heavy (non-hydrogen) atoms. The van der Waals surface area contributed by atoms with Gasteiger partial charge in [-0.2, -0.15) is 0 Å². The Morgan fingerprint density at radius 3 is 2.33 bits per heavy atom. The van der Waals surface area contributed by atoms with Crippen LogP contribution in [0.5, 0.6) is 0 Å². The maximum atomic E-state index is 6.18. The van der Waals surface area contributed by atoms with Crippen LogP contribution in [0, 0.1) is 12.8 Å². The van der Waals surface area contributed by atoms with Gasteiger partial charge in [0.1, 0.15) is 0 Å². The molecular formula is C18H21BrClN. The van der Waals surface area contributed by atoms with Gasteiger partial charge in [-0.1, -0.05) is 49.7 Å². The van der Waals surface area contributed by atoms with Gasteiger partial charge in [-0.05, 0) is 64.0 Å². The maximum absolute atomic E-state index is 6.18. The fourth-order valence-electron chi connectivity index (χ4n) is 2.24. The van der Waals surface area contributed by atoms with E-state index in [1.165, 1.54) is 11.1 Å². The van der Waals surface area contributed by atoms with Crippen LogP contribution in [0.1, 0.15) is 30.5 Å². The zero-order valence-corrected chi connectivity index (χ0v) is 15.1. The van der Waals surface area contributed by atoms with Crippen molar-refractivity contribution in [3.63, 3.8) is 0 Å². The van der Waals surface area contributed by atoms with E-state index < -0.39 is 0 Å². The predicted molar refractivity (Wildman–Crippen MR) is 96.2 cm³/mol. The summed E-state index contributed by atoms with van der Waals surface area (Å²) in [4.78, 5) is 0. The lowest BCUT2D eigenvalue weighted by Gasteiger charge is -2.11. The summed E-state index contributed by atoms with van der Waals surface area (Å²) < 4.78 is 1.04. The van der Waals surface area contributed by atoms with E-state index in [1.807, 2.05) is 19.1 Å². The average molecular weight is 367 g/mol. The number of anilines is 1. The topological polar surface area (TPSA) is 12.0 Å². The lowest BCUT2D eigenvalue weighted by Crippen LogP contribution is -2.01. The summed E-state index contributed by atoms with van der Waals surface area (Å²) in [6.45, 7) is 7.28. The van der Waals surface area contributed by atoms with Crippen LogP contribution >= 0.6 is 27.5 Å². The first-order valence-corrected chi connectivity index (χ1v) is 8.40. The summed E-state index contributed by atoms with van der Waals surface area (Å²) in [5.74, 6) is 0.694. The van der Waals surface area contributed by atoms with Crippen LogP contribution in [0.2, 0.25) is 5.02 Å². The molecule has 1 N–H and O–H groups in total. The van der Waals surface area contributed by atoms with Gasteiger partial charge in [0.15, 0.2) is 0 Å². The lowest BCUT2D eigenvalue weighted by molar-refractivity contribution is 0.647. The second-order valence-electron chi connectivity index (χ2n) is 5.85. The van der Waals surface area contributed by atoms with E-state index >= 15 is 0 Å². The summed E-state index contributed by atoms with van der Waals surface area (Å²) in [7, 11) is 0. The Labute approximate surface area is 140 Å². The quantitative estimate of drug-likeness (QED) is 0.662. The van der Waals surface area contributed by atoms with Crippen molar-refractivity contribution in [3.8, 4) is 0 Å². The van der Waals surface area contributed by atoms with Crippen molar-refractivity contribution in [2.24, 2.45) is 5.92 Å². The summed E-state index contributed by atoms with van der Waals surface area (Å²) >= 11 is 9.75. The Kier molecular flexibility index (Phi) is 5.72. The molecule has 2 aromatic carbocycles. The third-order valence-electron chi connectivity index (χ3n) is 3.40. The Balaban J connectivity index is 2.01. The highest BCUT2D eigenvalue weighted by Crippen LogP contribution is 2.29. The van der Waals surface area contributed by atoms with Gasteiger partial charge in [0.25, 0.3) is 0 Å². The molecule has 0 aromatic heterocycles. The maximum Gasteiger partial charge on any atom is 0.0502 e. The Morgan fingerprint density at radius 2 is 1.71 bits per heavy atom. The van der Waals surface area contributed by atoms with Gasteiger partial charge in [-0.3, -0.25) is 0 Å². The molecule has 0 radical (unpaired) electrons. The Bertz CT molecular complexity index is 605. The minimum Gasteiger partial charge on any atom is -0.380 e. The summed E-state index contributed by atoms with van der Waals surface area (Å²) in [6.07, 6.45) is 1.13. The molecule has 0 fully saturated rings. The number of aryl methyl sites for hydroxylation is 1. The third-order valence-corrected chi connectivity index (χ3v) is 4.46. The van der Waals surface area contributed by atoms with Crippen molar-refractivity contribution < 1.29 is 0 Å². The van der Waals surface area contributed by atoms with Crippen LogP contribution in [0.15, 0.2) is 40.9 Å². The van der Waals surface area contributed by atoms with Crippen molar-refractivity contribution in [3.05, 3.63) is 62.6 Å². The molecule has 2 rings (SSSR count). The molecule has 112 valence electrons. The molecule has 1 nitrogen and oxygen atoms in total. The lowest BCUT2D eigenvalue weighted by atomic mass is 10.0. The molecule has 3 heteroatoms. The molecule has 0 saturated heterocycles. The monoisotopic (exact) mass is 365 g/mol. The number of rotatable bonds is 5. The van der Waals surface area contributed by atoms with Crippen LogP contribution in [0.25, 0.3) is 0 Å². The number of hydrogen-bond donors (Lipinski definition) is 1. The summed E-state index contributed by atoms with van der Waals surface area (Å²) in [6, 6.07) is 12.8. The van der Waals surface area contributed by atoms with E-state index in [-0.39, 0.29) is 0 Å². The first-order chi connectivity index (χ1) is 9.95. The van der Waals surface area contributed by atoms with Crippen LogP contribution in [0.3, 0.4) is 0 Å². The first kappa shape index (κ1) is 16.4. The molecular weight excluding hydrogens is 346 g/mol. The van der Waals surface area contributed by atoms with Crippen LogP contribution in [0.4, 0.5) is 5.69 Å². The number of nitrogens with one attached hydrogen (secondary N) is 1. The second kappa shape index (κ2) is 7.33. The van der Waals surface area contributed by atoms with Gasteiger partial charge in [0.05, 0.1) is 5.69 Å². The van der Waals surface area contributed by atoms with Crippen LogP contribution < -0.4 is 5.32 Å². The largest absolute Gasteiger partial charge is 0.380 e. The fourth-order valence-corrected chi connectivity index (χ4v) is 3.01. The van der Waals surface area contributed by atoms with Gasteiger partial charge in [0, 0.05) is 16.0 Å². The highest BCUT2D eigenvalue weighted by atomic mass is 79.9. The zero-order chi connectivity index (χ0) is 15.4. The molecule has 0 heterocycles. The van der Waals surface area contributed by atoms with Crippen molar-refractivity contribution in [1.82, 2.24) is 0 Å². The number of halogens is 2. The Morgan fingerprint density at radius 1 is 1.10 bits per heavy atom. The minimum atomic E-state index is 0.694. The standard InChI is InChI=1S/C18H21BrClN/c1-12(2)8-14-4-6-15(7-5-14)11-21-18-10-17(20)13(3)9-16(18)19/h4-7,9-10,12,21H,8,11H2,1-3H3. The van der Waals surface area contributed by atoms with Gasteiger partial charge in [-0.25, -0.2) is 0 Å². The molecule has 0 aliphatic carbocycles. The molecule has 0 spiro atoms. The molecule has 0 bridgehead atoms. The van der Waals surface area contributed by atoms with Crippen molar-refractivity contribution in [2.75, 3.05) is 5.32 Å². The summed E-state index contributed by atoms with van der Waals surface area (Å²) in [5.41, 5.74) is 4.77. The second-order valence-corrected chi connectivity index (χ2v) is 7.11. The molecule has 0 saturated carbocycles. The smallest absolute Gasteiger partial charge is 0.0502 e. The van der Waals surface area contributed by atoms with E-state index in [2.05, 4.69) is 59.4 Å². The molecule has 0 atom stereocenters. The SMILES string of the molecule is Cc1cc(Br)c(NCc2ccc(CC(C)C)cc2)cc1Cl. The number of benzene rings is 2. The molecule has 0 amide bonds. The van der Waals surface area contributed by atoms with Gasteiger partial charge >= 0.3 is 0 Å². The third kappa shape index (κ3) is 4.76. The van der Waals surface area contributed by atoms with E-state index in [0.29, 0.717) is 5.92 Å². The average Bonchev–Trinajstić information content (AvgIpc) is 2.42. The highest BCUT2D eigenvalue weighted by Gasteiger charge is 2.04.